The number of carbonyl (C=O) groups excluding carboxylic acids is 1. The van der Waals surface area contributed by atoms with Crippen LogP contribution >= 0.6 is 0 Å². The van der Waals surface area contributed by atoms with Crippen molar-refractivity contribution < 1.29 is 13.2 Å². The molecule has 2 atom stereocenters. The smallest absolute Gasteiger partial charge is 0.223 e. The second kappa shape index (κ2) is 6.05. The summed E-state index contributed by atoms with van der Waals surface area (Å²) in [6, 6.07) is 0. The molecule has 5 nitrogen and oxygen atoms in total. The molecule has 1 aliphatic carbocycles. The molecule has 0 spiro atoms. The van der Waals surface area contributed by atoms with Crippen LogP contribution in [0.4, 0.5) is 0 Å². The highest BCUT2D eigenvalue weighted by Crippen LogP contribution is 2.23. The largest absolute Gasteiger partial charge is 0.341 e. The topological polar surface area (TPSA) is 66.5 Å². The number of hydrogen-bond donors (Lipinski definition) is 1. The van der Waals surface area contributed by atoms with E-state index < -0.39 is 15.3 Å². The molecule has 1 amide bonds. The van der Waals surface area contributed by atoms with Gasteiger partial charge in [0.15, 0.2) is 0 Å². The quantitative estimate of drug-likeness (QED) is 0.763. The van der Waals surface area contributed by atoms with E-state index in [1.165, 1.54) is 0 Å². The average Bonchev–Trinajstić information content (AvgIpc) is 2.99. The first-order chi connectivity index (χ1) is 9.03. The highest BCUT2D eigenvalue weighted by Gasteiger charge is 2.35. The molecule has 108 valence electrons. The molecule has 2 aliphatic rings. The van der Waals surface area contributed by atoms with Gasteiger partial charge < -0.3 is 4.90 Å². The van der Waals surface area contributed by atoms with Gasteiger partial charge in [-0.15, -0.1) is 0 Å². The number of nitrogens with zero attached hydrogens (tertiary/aromatic N) is 1. The molecule has 1 saturated heterocycles. The van der Waals surface area contributed by atoms with Crippen LogP contribution in [0, 0.1) is 5.92 Å². The molecule has 6 heteroatoms. The van der Waals surface area contributed by atoms with Crippen LogP contribution in [-0.4, -0.2) is 44.1 Å². The van der Waals surface area contributed by atoms with Crippen molar-refractivity contribution in [2.75, 3.05) is 19.6 Å². The maximum Gasteiger partial charge on any atom is 0.223 e. The van der Waals surface area contributed by atoms with Crippen LogP contribution in [0.2, 0.25) is 0 Å². The summed E-state index contributed by atoms with van der Waals surface area (Å²) in [5, 5.41) is -0.449. The summed E-state index contributed by atoms with van der Waals surface area (Å²) in [6.45, 7) is 3.07. The first-order valence-corrected chi connectivity index (χ1v) is 8.50. The Morgan fingerprint density at radius 2 is 2.21 bits per heavy atom. The standard InChI is InChI=1S/C13H22N2O3S/c1-2-14-19(17,18)12-7-8-15(10-12)13(16)9-11-5-3-4-6-11/h3,5,11-12,14H,2,4,6-10H2,1H3/t11-,12+/m1/s1. The minimum Gasteiger partial charge on any atom is -0.341 e. The third kappa shape index (κ3) is 3.57. The maximum absolute atomic E-state index is 12.1. The second-order valence-corrected chi connectivity index (χ2v) is 7.31. The van der Waals surface area contributed by atoms with E-state index in [2.05, 4.69) is 16.9 Å². The summed E-state index contributed by atoms with van der Waals surface area (Å²) in [7, 11) is -3.26. The lowest BCUT2D eigenvalue weighted by Gasteiger charge is -2.18. The van der Waals surface area contributed by atoms with E-state index in [-0.39, 0.29) is 5.91 Å². The molecule has 19 heavy (non-hydrogen) atoms. The van der Waals surface area contributed by atoms with Gasteiger partial charge in [-0.2, -0.15) is 0 Å². The maximum atomic E-state index is 12.1. The molecule has 2 rings (SSSR count). The second-order valence-electron chi connectivity index (χ2n) is 5.26. The molecule has 1 fully saturated rings. The molecule has 0 aromatic heterocycles. The number of sulfonamides is 1. The third-order valence-corrected chi connectivity index (χ3v) is 5.78. The van der Waals surface area contributed by atoms with E-state index in [0.717, 1.165) is 12.8 Å². The van der Waals surface area contributed by atoms with Crippen molar-refractivity contribution in [2.45, 2.75) is 37.9 Å². The van der Waals surface area contributed by atoms with Crippen molar-refractivity contribution in [1.29, 1.82) is 0 Å². The Bertz CT molecular complexity index is 459. The van der Waals surface area contributed by atoms with Gasteiger partial charge in [-0.3, -0.25) is 4.79 Å². The summed E-state index contributed by atoms with van der Waals surface area (Å²) in [6.07, 6.45) is 7.36. The van der Waals surface area contributed by atoms with Gasteiger partial charge in [-0.1, -0.05) is 19.1 Å². The van der Waals surface area contributed by atoms with E-state index >= 15 is 0 Å². The van der Waals surface area contributed by atoms with Crippen LogP contribution in [-0.2, 0) is 14.8 Å². The van der Waals surface area contributed by atoms with Crippen LogP contribution in [0.15, 0.2) is 12.2 Å². The molecule has 0 aromatic carbocycles. The van der Waals surface area contributed by atoms with Crippen molar-refractivity contribution in [3.05, 3.63) is 12.2 Å². The average molecular weight is 286 g/mol. The number of hydrogen-bond acceptors (Lipinski definition) is 3. The van der Waals surface area contributed by atoms with Crippen LogP contribution in [0.1, 0.15) is 32.6 Å². The molecule has 1 N–H and O–H groups in total. The normalized spacial score (nSPS) is 27.1. The lowest BCUT2D eigenvalue weighted by molar-refractivity contribution is -0.130. The monoisotopic (exact) mass is 286 g/mol. The minimum absolute atomic E-state index is 0.0887. The van der Waals surface area contributed by atoms with E-state index in [1.807, 2.05) is 0 Å². The first kappa shape index (κ1) is 14.5. The van der Waals surface area contributed by atoms with Gasteiger partial charge in [0.2, 0.25) is 15.9 Å². The number of amides is 1. The van der Waals surface area contributed by atoms with Gasteiger partial charge in [0, 0.05) is 26.1 Å². The molecule has 0 radical (unpaired) electrons. The third-order valence-electron chi connectivity index (χ3n) is 3.83. The number of carbonyl (C=O) groups is 1. The Hall–Kier alpha value is -0.880. The van der Waals surface area contributed by atoms with Crippen LogP contribution in [0.3, 0.4) is 0 Å². The number of allylic oxidation sites excluding steroid dienone is 2. The molecular formula is C13H22N2O3S. The van der Waals surface area contributed by atoms with Gasteiger partial charge in [0.05, 0.1) is 5.25 Å². The molecule has 0 aromatic rings. The summed E-state index contributed by atoms with van der Waals surface area (Å²) in [4.78, 5) is 13.8. The van der Waals surface area contributed by atoms with Crippen LogP contribution < -0.4 is 4.72 Å². The van der Waals surface area contributed by atoms with Crippen LogP contribution in [0.5, 0.6) is 0 Å². The molecule has 0 bridgehead atoms. The van der Waals surface area contributed by atoms with Gasteiger partial charge in [0.1, 0.15) is 0 Å². The number of rotatable bonds is 5. The lowest BCUT2D eigenvalue weighted by atomic mass is 10.0. The van der Waals surface area contributed by atoms with Gasteiger partial charge in [0.25, 0.3) is 0 Å². The SMILES string of the molecule is CCNS(=O)(=O)[C@H]1CCN(C(=O)C[C@@H]2C=CCC2)C1. The van der Waals surface area contributed by atoms with Crippen molar-refractivity contribution in [2.24, 2.45) is 5.92 Å². The summed E-state index contributed by atoms with van der Waals surface area (Å²) < 4.78 is 26.3. The molecule has 0 saturated carbocycles. The number of likely N-dealkylation sites (tertiary alicyclic amines) is 1. The van der Waals surface area contributed by atoms with Crippen LogP contribution in [0.25, 0.3) is 0 Å². The first-order valence-electron chi connectivity index (χ1n) is 6.96. The van der Waals surface area contributed by atoms with E-state index in [1.54, 1.807) is 11.8 Å². The highest BCUT2D eigenvalue weighted by molar-refractivity contribution is 7.90. The van der Waals surface area contributed by atoms with E-state index in [4.69, 9.17) is 0 Å². The zero-order valence-electron chi connectivity index (χ0n) is 11.3. The highest BCUT2D eigenvalue weighted by atomic mass is 32.2. The zero-order chi connectivity index (χ0) is 13.9. The fraction of sp³-hybridized carbons (Fsp3) is 0.769. The predicted octanol–water partition coefficient (Wildman–Crippen LogP) is 0.883. The Balaban J connectivity index is 1.87. The van der Waals surface area contributed by atoms with Crippen molar-refractivity contribution in [3.8, 4) is 0 Å². The van der Waals surface area contributed by atoms with Gasteiger partial charge in [-0.25, -0.2) is 13.1 Å². The zero-order valence-corrected chi connectivity index (χ0v) is 12.2. The lowest BCUT2D eigenvalue weighted by Crippen LogP contribution is -2.37. The van der Waals surface area contributed by atoms with Gasteiger partial charge >= 0.3 is 0 Å². The Kier molecular flexibility index (Phi) is 4.62. The van der Waals surface area contributed by atoms with Crippen molar-refractivity contribution >= 4 is 15.9 Å². The predicted molar refractivity (Wildman–Crippen MR) is 74.1 cm³/mol. The Morgan fingerprint density at radius 3 is 2.84 bits per heavy atom. The van der Waals surface area contributed by atoms with Gasteiger partial charge in [-0.05, 0) is 25.2 Å². The minimum atomic E-state index is -3.26. The summed E-state index contributed by atoms with van der Waals surface area (Å²) >= 11 is 0. The fourth-order valence-corrected chi connectivity index (χ4v) is 4.18. The fourth-order valence-electron chi connectivity index (χ4n) is 2.75. The molecule has 1 aliphatic heterocycles. The van der Waals surface area contributed by atoms with Crippen molar-refractivity contribution in [3.63, 3.8) is 0 Å². The summed E-state index contributed by atoms with van der Waals surface area (Å²) in [5.74, 6) is 0.433. The molecule has 1 heterocycles. The Labute approximate surface area is 115 Å². The van der Waals surface area contributed by atoms with Crippen molar-refractivity contribution in [1.82, 2.24) is 9.62 Å². The van der Waals surface area contributed by atoms with E-state index in [0.29, 0.717) is 38.4 Å². The number of nitrogens with one attached hydrogen (secondary N) is 1. The molecular weight excluding hydrogens is 264 g/mol. The summed E-state index contributed by atoms with van der Waals surface area (Å²) in [5.41, 5.74) is 0. The van der Waals surface area contributed by atoms with E-state index in [9.17, 15) is 13.2 Å². The molecule has 0 unspecified atom stereocenters. The Morgan fingerprint density at radius 1 is 1.42 bits per heavy atom.